The molecule has 0 spiro atoms. The van der Waals surface area contributed by atoms with E-state index in [2.05, 4.69) is 78.3 Å². The molecule has 1 fully saturated rings. The van der Waals surface area contributed by atoms with Crippen molar-refractivity contribution in [2.45, 2.75) is 20.8 Å². The van der Waals surface area contributed by atoms with E-state index in [-0.39, 0.29) is 0 Å². The molecular weight excluding hydrogens is 354 g/mol. The lowest BCUT2D eigenvalue weighted by atomic mass is 10.1. The van der Waals surface area contributed by atoms with Gasteiger partial charge in [-0.1, -0.05) is 42.0 Å². The van der Waals surface area contributed by atoms with Crippen LogP contribution in [0.5, 0.6) is 0 Å². The van der Waals surface area contributed by atoms with Gasteiger partial charge in [-0.15, -0.1) is 11.3 Å². The van der Waals surface area contributed by atoms with Gasteiger partial charge in [0.15, 0.2) is 0 Å². The van der Waals surface area contributed by atoms with E-state index in [1.807, 2.05) is 0 Å². The second kappa shape index (κ2) is 7.71. The van der Waals surface area contributed by atoms with Crippen LogP contribution < -0.4 is 9.81 Å². The summed E-state index contributed by atoms with van der Waals surface area (Å²) >= 11 is 1.69. The number of thiazole rings is 1. The number of ether oxygens (including phenoxy) is 1. The van der Waals surface area contributed by atoms with Gasteiger partial charge < -0.3 is 9.75 Å². The minimum Gasteiger partial charge on any atom is -0.378 e. The Bertz CT molecular complexity index is 995. The third kappa shape index (κ3) is 3.84. The molecule has 3 aromatic rings. The molecule has 140 valence electrons. The van der Waals surface area contributed by atoms with Gasteiger partial charge in [-0.25, -0.2) is 9.67 Å². The molecule has 27 heavy (non-hydrogen) atoms. The molecule has 0 unspecified atom stereocenters. The van der Waals surface area contributed by atoms with Crippen LogP contribution in [-0.2, 0) is 4.74 Å². The average Bonchev–Trinajstić information content (AvgIpc) is 3.09. The van der Waals surface area contributed by atoms with Gasteiger partial charge in [0, 0.05) is 10.9 Å². The molecule has 0 bridgehead atoms. The molecule has 1 aliphatic rings. The molecule has 1 saturated heterocycles. The van der Waals surface area contributed by atoms with Crippen LogP contribution in [0.25, 0.3) is 11.3 Å². The molecule has 4 rings (SSSR count). The molecule has 0 saturated carbocycles. The first-order valence-electron chi connectivity index (χ1n) is 9.34. The van der Waals surface area contributed by atoms with Crippen molar-refractivity contribution in [2.24, 2.45) is 4.99 Å². The lowest BCUT2D eigenvalue weighted by Crippen LogP contribution is -2.48. The van der Waals surface area contributed by atoms with Crippen LogP contribution in [0.15, 0.2) is 52.8 Å². The fourth-order valence-corrected chi connectivity index (χ4v) is 4.19. The predicted octanol–water partition coefficient (Wildman–Crippen LogP) is 4.34. The van der Waals surface area contributed by atoms with Crippen molar-refractivity contribution in [3.05, 3.63) is 69.3 Å². The van der Waals surface area contributed by atoms with Gasteiger partial charge in [-0.05, 0) is 38.0 Å². The summed E-state index contributed by atoms with van der Waals surface area (Å²) in [7, 11) is 0. The van der Waals surface area contributed by atoms with E-state index in [9.17, 15) is 0 Å². The Morgan fingerprint density at radius 3 is 2.37 bits per heavy atom. The number of nitrogens with zero attached hydrogens (tertiary/aromatic N) is 3. The van der Waals surface area contributed by atoms with E-state index in [1.165, 1.54) is 27.9 Å². The smallest absolute Gasteiger partial charge is 0.209 e. The second-order valence-corrected chi connectivity index (χ2v) is 7.89. The van der Waals surface area contributed by atoms with Crippen LogP contribution in [0.4, 0.5) is 5.69 Å². The number of hydrogen-bond donors (Lipinski definition) is 0. The van der Waals surface area contributed by atoms with Crippen molar-refractivity contribution < 1.29 is 4.74 Å². The van der Waals surface area contributed by atoms with Crippen molar-refractivity contribution in [2.75, 3.05) is 31.3 Å². The zero-order valence-corrected chi connectivity index (χ0v) is 16.9. The van der Waals surface area contributed by atoms with E-state index in [0.29, 0.717) is 0 Å². The molecule has 0 atom stereocenters. The monoisotopic (exact) mass is 379 g/mol. The van der Waals surface area contributed by atoms with Crippen molar-refractivity contribution in [3.63, 3.8) is 0 Å². The van der Waals surface area contributed by atoms with Crippen LogP contribution >= 0.6 is 11.3 Å². The largest absolute Gasteiger partial charge is 0.378 e. The molecule has 0 aliphatic carbocycles. The van der Waals surface area contributed by atoms with Crippen molar-refractivity contribution >= 4 is 17.0 Å². The van der Waals surface area contributed by atoms with E-state index >= 15 is 0 Å². The fourth-order valence-electron chi connectivity index (χ4n) is 3.27. The molecule has 4 nitrogen and oxygen atoms in total. The first-order chi connectivity index (χ1) is 13.1. The van der Waals surface area contributed by atoms with Gasteiger partial charge in [0.05, 0.1) is 37.7 Å². The first-order valence-corrected chi connectivity index (χ1v) is 10.2. The highest BCUT2D eigenvalue weighted by Crippen LogP contribution is 2.23. The molecule has 0 N–H and O–H groups in total. The maximum absolute atomic E-state index is 5.57. The zero-order chi connectivity index (χ0) is 18.8. The van der Waals surface area contributed by atoms with Gasteiger partial charge in [0.2, 0.25) is 4.80 Å². The Balaban J connectivity index is 1.87. The normalized spacial score (nSPS) is 15.4. The third-order valence-electron chi connectivity index (χ3n) is 4.88. The zero-order valence-electron chi connectivity index (χ0n) is 16.1. The summed E-state index contributed by atoms with van der Waals surface area (Å²) in [4.78, 5) is 6.04. The second-order valence-electron chi connectivity index (χ2n) is 7.05. The highest BCUT2D eigenvalue weighted by molar-refractivity contribution is 7.07. The Labute approximate surface area is 164 Å². The lowest BCUT2D eigenvalue weighted by molar-refractivity contribution is 0.111. The lowest BCUT2D eigenvalue weighted by Gasteiger charge is -2.31. The molecular formula is C22H25N3OS. The predicted molar refractivity (Wildman–Crippen MR) is 112 cm³/mol. The summed E-state index contributed by atoms with van der Waals surface area (Å²) < 4.78 is 7.85. The Kier molecular flexibility index (Phi) is 5.14. The van der Waals surface area contributed by atoms with Crippen LogP contribution in [0, 0.1) is 20.8 Å². The van der Waals surface area contributed by atoms with E-state index < -0.39 is 0 Å². The highest BCUT2D eigenvalue weighted by Gasteiger charge is 2.17. The molecule has 2 aromatic carbocycles. The SMILES string of the molecule is Cc1ccc(-c2csc(=Nc3cc(C)ccc3C)n2N2CCOCC2)cc1. The number of hydrogen-bond acceptors (Lipinski definition) is 4. The van der Waals surface area contributed by atoms with Crippen LogP contribution in [0.2, 0.25) is 0 Å². The quantitative estimate of drug-likeness (QED) is 0.677. The van der Waals surface area contributed by atoms with Crippen LogP contribution in [0.1, 0.15) is 16.7 Å². The molecule has 0 amide bonds. The minimum absolute atomic E-state index is 0.749. The maximum atomic E-state index is 5.57. The molecule has 2 heterocycles. The van der Waals surface area contributed by atoms with Gasteiger partial charge in [0.25, 0.3) is 0 Å². The minimum atomic E-state index is 0.749. The topological polar surface area (TPSA) is 29.8 Å². The Hall–Kier alpha value is -2.37. The van der Waals surface area contributed by atoms with Crippen LogP contribution in [0.3, 0.4) is 0 Å². The highest BCUT2D eigenvalue weighted by atomic mass is 32.1. The van der Waals surface area contributed by atoms with E-state index in [0.717, 1.165) is 36.8 Å². The van der Waals surface area contributed by atoms with Gasteiger partial charge in [-0.3, -0.25) is 0 Å². The molecule has 5 heteroatoms. The molecule has 0 radical (unpaired) electrons. The average molecular weight is 380 g/mol. The van der Waals surface area contributed by atoms with Gasteiger partial charge in [-0.2, -0.15) is 0 Å². The number of rotatable bonds is 3. The summed E-state index contributed by atoms with van der Waals surface area (Å²) in [6, 6.07) is 15.1. The Morgan fingerprint density at radius 2 is 1.63 bits per heavy atom. The van der Waals surface area contributed by atoms with Crippen molar-refractivity contribution in [3.8, 4) is 11.3 Å². The molecule has 1 aliphatic heterocycles. The van der Waals surface area contributed by atoms with Gasteiger partial charge in [0.1, 0.15) is 0 Å². The standard InChI is InChI=1S/C22H25N3OS/c1-16-5-8-19(9-6-16)21-15-27-22(25(21)24-10-12-26-13-11-24)23-20-14-17(2)4-7-18(20)3/h4-9,14-15H,10-13H2,1-3H3. The van der Waals surface area contributed by atoms with Crippen molar-refractivity contribution in [1.29, 1.82) is 0 Å². The third-order valence-corrected chi connectivity index (χ3v) is 5.70. The number of aryl methyl sites for hydroxylation is 3. The number of benzene rings is 2. The fraction of sp³-hybridized carbons (Fsp3) is 0.318. The van der Waals surface area contributed by atoms with E-state index in [4.69, 9.17) is 9.73 Å². The summed E-state index contributed by atoms with van der Waals surface area (Å²) in [5.74, 6) is 0. The van der Waals surface area contributed by atoms with Crippen molar-refractivity contribution in [1.82, 2.24) is 4.68 Å². The summed E-state index contributed by atoms with van der Waals surface area (Å²) in [5, 5.41) is 4.56. The van der Waals surface area contributed by atoms with E-state index in [1.54, 1.807) is 11.3 Å². The Morgan fingerprint density at radius 1 is 0.926 bits per heavy atom. The van der Waals surface area contributed by atoms with Gasteiger partial charge >= 0.3 is 0 Å². The molecule has 1 aromatic heterocycles. The maximum Gasteiger partial charge on any atom is 0.209 e. The number of morpholine rings is 1. The summed E-state index contributed by atoms with van der Waals surface area (Å²) in [5.41, 5.74) is 7.13. The summed E-state index contributed by atoms with van der Waals surface area (Å²) in [6.45, 7) is 9.59. The first kappa shape index (κ1) is 18.0. The summed E-state index contributed by atoms with van der Waals surface area (Å²) in [6.07, 6.45) is 0. The van der Waals surface area contributed by atoms with Crippen LogP contribution in [-0.4, -0.2) is 31.0 Å². The number of aromatic nitrogens is 1.